The molecule has 3 rings (SSSR count). The highest BCUT2D eigenvalue weighted by atomic mass is 15.1. The first-order chi connectivity index (χ1) is 9.79. The summed E-state index contributed by atoms with van der Waals surface area (Å²) < 4.78 is 0. The second kappa shape index (κ2) is 5.44. The zero-order valence-electron chi connectivity index (χ0n) is 11.4. The molecule has 0 aliphatic rings. The third-order valence-corrected chi connectivity index (χ3v) is 3.41. The van der Waals surface area contributed by atoms with Gasteiger partial charge in [-0.3, -0.25) is 10.2 Å². The lowest BCUT2D eigenvalue weighted by molar-refractivity contribution is 0.337. The van der Waals surface area contributed by atoms with Gasteiger partial charge in [-0.25, -0.2) is 0 Å². The van der Waals surface area contributed by atoms with Gasteiger partial charge >= 0.3 is 0 Å². The van der Waals surface area contributed by atoms with E-state index in [0.29, 0.717) is 6.54 Å². The summed E-state index contributed by atoms with van der Waals surface area (Å²) in [4.78, 5) is 2.18. The predicted octanol–water partition coefficient (Wildman–Crippen LogP) is 1.34. The summed E-state index contributed by atoms with van der Waals surface area (Å²) in [5.41, 5.74) is 9.84. The largest absolute Gasteiger partial charge is 0.329 e. The van der Waals surface area contributed by atoms with E-state index in [-0.39, 0.29) is 0 Å². The minimum atomic E-state index is 0.654. The SMILES string of the molecule is CN(CCN)Cc1c[nH]nc1-c1cccc2[nH]ncc12. The molecule has 0 amide bonds. The second-order valence-corrected chi connectivity index (χ2v) is 4.92. The number of nitrogens with zero attached hydrogens (tertiary/aromatic N) is 3. The van der Waals surface area contributed by atoms with E-state index in [1.807, 2.05) is 24.5 Å². The number of hydrogen-bond donors (Lipinski definition) is 3. The molecule has 0 saturated carbocycles. The van der Waals surface area contributed by atoms with Gasteiger partial charge in [0.05, 0.1) is 17.4 Å². The van der Waals surface area contributed by atoms with Crippen LogP contribution < -0.4 is 5.73 Å². The van der Waals surface area contributed by atoms with Gasteiger partial charge in [-0.15, -0.1) is 0 Å². The van der Waals surface area contributed by atoms with Crippen LogP contribution in [0.3, 0.4) is 0 Å². The quantitative estimate of drug-likeness (QED) is 0.653. The van der Waals surface area contributed by atoms with Crippen LogP contribution in [0.2, 0.25) is 0 Å². The molecule has 2 aromatic heterocycles. The van der Waals surface area contributed by atoms with Crippen molar-refractivity contribution in [3.63, 3.8) is 0 Å². The number of hydrogen-bond acceptors (Lipinski definition) is 4. The number of nitrogens with one attached hydrogen (secondary N) is 2. The number of nitrogens with two attached hydrogens (primary N) is 1. The number of aromatic nitrogens is 4. The molecule has 6 heteroatoms. The summed E-state index contributed by atoms with van der Waals surface area (Å²) in [6, 6.07) is 6.09. The number of fused-ring (bicyclic) bond motifs is 1. The number of H-pyrrole nitrogens is 2. The number of rotatable bonds is 5. The Balaban J connectivity index is 1.99. The van der Waals surface area contributed by atoms with E-state index < -0.39 is 0 Å². The average Bonchev–Trinajstić information content (AvgIpc) is 3.06. The zero-order chi connectivity index (χ0) is 13.9. The second-order valence-electron chi connectivity index (χ2n) is 4.92. The smallest absolute Gasteiger partial charge is 0.0973 e. The predicted molar refractivity (Wildman–Crippen MR) is 79.1 cm³/mol. The fraction of sp³-hybridized carbons (Fsp3) is 0.286. The molecule has 0 bridgehead atoms. The van der Waals surface area contributed by atoms with E-state index in [0.717, 1.165) is 40.8 Å². The fourth-order valence-corrected chi connectivity index (χ4v) is 2.43. The Hall–Kier alpha value is -2.18. The first kappa shape index (κ1) is 12.8. The van der Waals surface area contributed by atoms with Gasteiger partial charge in [0.2, 0.25) is 0 Å². The highest BCUT2D eigenvalue weighted by Crippen LogP contribution is 2.28. The highest BCUT2D eigenvalue weighted by molar-refractivity contribution is 5.93. The van der Waals surface area contributed by atoms with Crippen LogP contribution in [0.1, 0.15) is 5.56 Å². The van der Waals surface area contributed by atoms with Crippen molar-refractivity contribution in [3.8, 4) is 11.3 Å². The molecule has 0 atom stereocenters. The van der Waals surface area contributed by atoms with E-state index >= 15 is 0 Å². The van der Waals surface area contributed by atoms with Crippen molar-refractivity contribution in [1.29, 1.82) is 0 Å². The van der Waals surface area contributed by atoms with Crippen LogP contribution in [-0.4, -0.2) is 45.4 Å². The molecule has 6 nitrogen and oxygen atoms in total. The fourth-order valence-electron chi connectivity index (χ4n) is 2.43. The Kier molecular flexibility index (Phi) is 3.49. The maximum absolute atomic E-state index is 5.59. The van der Waals surface area contributed by atoms with Gasteiger partial charge in [-0.1, -0.05) is 12.1 Å². The Labute approximate surface area is 117 Å². The number of aromatic amines is 2. The van der Waals surface area contributed by atoms with Crippen LogP contribution in [0.25, 0.3) is 22.2 Å². The molecule has 3 aromatic rings. The monoisotopic (exact) mass is 270 g/mol. The topological polar surface area (TPSA) is 86.6 Å². The maximum Gasteiger partial charge on any atom is 0.0973 e. The standard InChI is InChI=1S/C14H18N6/c1-20(6-5-15)9-10-7-16-19-14(10)11-3-2-4-13-12(11)8-17-18-13/h2-4,7-8H,5-6,9,15H2,1H3,(H,16,19)(H,17,18). The molecule has 4 N–H and O–H groups in total. The molecule has 0 saturated heterocycles. The molecule has 0 aliphatic heterocycles. The summed E-state index contributed by atoms with van der Waals surface area (Å²) in [6.45, 7) is 2.33. The third-order valence-electron chi connectivity index (χ3n) is 3.41. The van der Waals surface area contributed by atoms with Gasteiger partial charge in [0.1, 0.15) is 0 Å². The van der Waals surface area contributed by atoms with E-state index in [4.69, 9.17) is 5.73 Å². The Morgan fingerprint density at radius 1 is 1.35 bits per heavy atom. The molecule has 0 fully saturated rings. The van der Waals surface area contributed by atoms with Crippen LogP contribution in [0.4, 0.5) is 0 Å². The molecule has 20 heavy (non-hydrogen) atoms. The Morgan fingerprint density at radius 2 is 2.25 bits per heavy atom. The highest BCUT2D eigenvalue weighted by Gasteiger charge is 2.13. The van der Waals surface area contributed by atoms with Crippen molar-refractivity contribution in [2.45, 2.75) is 6.54 Å². The van der Waals surface area contributed by atoms with Crippen LogP contribution >= 0.6 is 0 Å². The first-order valence-electron chi connectivity index (χ1n) is 6.63. The van der Waals surface area contributed by atoms with E-state index in [9.17, 15) is 0 Å². The molecular weight excluding hydrogens is 252 g/mol. The summed E-state index contributed by atoms with van der Waals surface area (Å²) in [7, 11) is 2.06. The zero-order valence-corrected chi connectivity index (χ0v) is 11.4. The number of likely N-dealkylation sites (N-methyl/N-ethyl adjacent to an activating group) is 1. The lowest BCUT2D eigenvalue weighted by Crippen LogP contribution is -2.25. The van der Waals surface area contributed by atoms with Gasteiger partial charge in [-0.2, -0.15) is 10.2 Å². The van der Waals surface area contributed by atoms with Crippen molar-refractivity contribution in [1.82, 2.24) is 25.3 Å². The minimum absolute atomic E-state index is 0.654. The Bertz CT molecular complexity index is 698. The average molecular weight is 270 g/mol. The summed E-state index contributed by atoms with van der Waals surface area (Å²) in [5, 5.41) is 15.5. The molecule has 0 unspecified atom stereocenters. The van der Waals surface area contributed by atoms with E-state index in [1.54, 1.807) is 0 Å². The summed E-state index contributed by atoms with van der Waals surface area (Å²) >= 11 is 0. The molecule has 0 aliphatic carbocycles. The molecule has 0 spiro atoms. The van der Waals surface area contributed by atoms with Crippen LogP contribution in [0.15, 0.2) is 30.6 Å². The molecule has 2 heterocycles. The molecular formula is C14H18N6. The maximum atomic E-state index is 5.59. The van der Waals surface area contributed by atoms with Crippen LogP contribution in [0.5, 0.6) is 0 Å². The number of benzene rings is 1. The van der Waals surface area contributed by atoms with Crippen molar-refractivity contribution >= 4 is 10.9 Å². The van der Waals surface area contributed by atoms with Gasteiger partial charge in [0.25, 0.3) is 0 Å². The lowest BCUT2D eigenvalue weighted by atomic mass is 10.0. The van der Waals surface area contributed by atoms with Crippen molar-refractivity contribution in [2.75, 3.05) is 20.1 Å². The third kappa shape index (κ3) is 2.31. The molecule has 0 radical (unpaired) electrons. The minimum Gasteiger partial charge on any atom is -0.329 e. The summed E-state index contributed by atoms with van der Waals surface area (Å²) in [5.74, 6) is 0. The van der Waals surface area contributed by atoms with Gasteiger partial charge in [-0.05, 0) is 13.1 Å². The lowest BCUT2D eigenvalue weighted by Gasteiger charge is -2.15. The summed E-state index contributed by atoms with van der Waals surface area (Å²) in [6.07, 6.45) is 3.79. The van der Waals surface area contributed by atoms with Crippen LogP contribution in [-0.2, 0) is 6.54 Å². The van der Waals surface area contributed by atoms with Gasteiger partial charge in [0, 0.05) is 42.3 Å². The van der Waals surface area contributed by atoms with E-state index in [2.05, 4.69) is 38.4 Å². The van der Waals surface area contributed by atoms with Crippen molar-refractivity contribution < 1.29 is 0 Å². The first-order valence-corrected chi connectivity index (χ1v) is 6.63. The Morgan fingerprint density at radius 3 is 3.10 bits per heavy atom. The van der Waals surface area contributed by atoms with E-state index in [1.165, 1.54) is 0 Å². The van der Waals surface area contributed by atoms with Crippen molar-refractivity contribution in [3.05, 3.63) is 36.2 Å². The van der Waals surface area contributed by atoms with Crippen molar-refractivity contribution in [2.24, 2.45) is 5.73 Å². The molecule has 1 aromatic carbocycles. The van der Waals surface area contributed by atoms with Gasteiger partial charge < -0.3 is 10.6 Å². The van der Waals surface area contributed by atoms with Gasteiger partial charge in [0.15, 0.2) is 0 Å². The normalized spacial score (nSPS) is 11.6. The molecule has 104 valence electrons. The van der Waals surface area contributed by atoms with Crippen LogP contribution in [0, 0.1) is 0 Å².